The highest BCUT2D eigenvalue weighted by Crippen LogP contribution is 2.50. The number of nitrogens with two attached hydrogens (primary N) is 1. The van der Waals surface area contributed by atoms with Crippen LogP contribution in [0.15, 0.2) is 35.1 Å². The Kier molecular flexibility index (Phi) is 17.1. The zero-order chi connectivity index (χ0) is 29.8. The highest BCUT2D eigenvalue weighted by Gasteiger charge is 2.30. The van der Waals surface area contributed by atoms with E-state index in [4.69, 9.17) is 33.7 Å². The number of hydrogen-bond donors (Lipinski definition) is 2. The first kappa shape index (κ1) is 34.7. The molecule has 0 aliphatic heterocycles. The number of likely N-dealkylation sites (N-methyl/N-ethyl adjacent to an activating group) is 1. The van der Waals surface area contributed by atoms with Crippen molar-refractivity contribution in [3.8, 4) is 0 Å². The van der Waals surface area contributed by atoms with E-state index in [1.807, 2.05) is 19.9 Å². The Morgan fingerprint density at radius 1 is 0.875 bits per heavy atom. The summed E-state index contributed by atoms with van der Waals surface area (Å²) in [5, 5.41) is 9.76. The predicted octanol–water partition coefficient (Wildman–Crippen LogP) is 3.98. The van der Waals surface area contributed by atoms with Crippen LogP contribution in [0.3, 0.4) is 0 Å². The van der Waals surface area contributed by atoms with E-state index in [1.54, 1.807) is 24.3 Å². The number of carbonyl (C=O) groups is 3. The molecule has 0 aliphatic rings. The number of rotatable bonds is 19. The van der Waals surface area contributed by atoms with Crippen molar-refractivity contribution in [1.29, 1.82) is 0 Å². The SMILES string of the molecule is CCCOC(=O)OCCCOP(=O)(N=C(N)N(C)C(Cc1ccccc1)C(=O)O)OCCCOC(=O)OCCC. The standard InChI is InChI=1S/C25H40N3O11P/c1-4-13-34-24(31)36-15-9-17-38-40(33,39-18-10-16-37-25(32)35-14-5-2)27-23(26)28(3)21(22(29)30)19-20-11-7-6-8-12-20/h6-8,11-12,21H,4-5,9-10,13-19H2,1-3H3,(H,29,30)(H2,26,27,33). The average molecular weight is 590 g/mol. The number of carboxylic acids is 1. The lowest BCUT2D eigenvalue weighted by Gasteiger charge is -2.26. The summed E-state index contributed by atoms with van der Waals surface area (Å²) in [4.78, 5) is 36.0. The molecule has 1 unspecified atom stereocenters. The summed E-state index contributed by atoms with van der Waals surface area (Å²) >= 11 is 0. The fraction of sp³-hybridized carbons (Fsp3) is 0.600. The van der Waals surface area contributed by atoms with Crippen LogP contribution in [0.1, 0.15) is 45.1 Å². The molecule has 3 N–H and O–H groups in total. The Morgan fingerprint density at radius 2 is 1.35 bits per heavy atom. The Labute approximate surface area is 234 Å². The molecular formula is C25H40N3O11P. The molecule has 0 aromatic heterocycles. The van der Waals surface area contributed by atoms with E-state index in [0.29, 0.717) is 12.8 Å². The minimum Gasteiger partial charge on any atom is -0.480 e. The summed E-state index contributed by atoms with van der Waals surface area (Å²) < 4.78 is 47.4. The second kappa shape index (κ2) is 19.7. The molecule has 15 heteroatoms. The average Bonchev–Trinajstić information content (AvgIpc) is 2.93. The number of carbonyl (C=O) groups excluding carboxylic acids is 2. The van der Waals surface area contributed by atoms with Gasteiger partial charge in [-0.3, -0.25) is 9.05 Å². The van der Waals surface area contributed by atoms with E-state index >= 15 is 0 Å². The van der Waals surface area contributed by atoms with Crippen LogP contribution in [0.2, 0.25) is 0 Å². The second-order valence-corrected chi connectivity index (χ2v) is 10.0. The maximum Gasteiger partial charge on any atom is 0.508 e. The van der Waals surface area contributed by atoms with E-state index in [1.165, 1.54) is 7.05 Å². The molecule has 0 saturated carbocycles. The van der Waals surface area contributed by atoms with Gasteiger partial charge >= 0.3 is 26.0 Å². The molecule has 0 saturated heterocycles. The smallest absolute Gasteiger partial charge is 0.480 e. The molecule has 1 aromatic rings. The van der Waals surface area contributed by atoms with Gasteiger partial charge in [0.2, 0.25) is 5.96 Å². The number of guanidine groups is 1. The van der Waals surface area contributed by atoms with E-state index in [0.717, 1.165) is 10.5 Å². The number of ether oxygens (including phenoxy) is 4. The Bertz CT molecular complexity index is 944. The van der Waals surface area contributed by atoms with Crippen molar-refractivity contribution in [3.63, 3.8) is 0 Å². The molecule has 0 radical (unpaired) electrons. The van der Waals surface area contributed by atoms with Crippen molar-refractivity contribution in [2.24, 2.45) is 10.5 Å². The Balaban J connectivity index is 2.84. The third-order valence-electron chi connectivity index (χ3n) is 4.98. The summed E-state index contributed by atoms with van der Waals surface area (Å²) in [6, 6.07) is 7.79. The van der Waals surface area contributed by atoms with Crippen LogP contribution in [0.5, 0.6) is 0 Å². The van der Waals surface area contributed by atoms with Crippen LogP contribution in [0.25, 0.3) is 0 Å². The molecule has 40 heavy (non-hydrogen) atoms. The van der Waals surface area contributed by atoms with E-state index in [-0.39, 0.29) is 64.9 Å². The Hall–Kier alpha value is -3.35. The largest absolute Gasteiger partial charge is 0.508 e. The maximum atomic E-state index is 13.4. The molecule has 0 amide bonds. The zero-order valence-corrected chi connectivity index (χ0v) is 24.1. The second-order valence-electron chi connectivity index (χ2n) is 8.35. The molecule has 14 nitrogen and oxygen atoms in total. The van der Waals surface area contributed by atoms with Crippen molar-refractivity contribution < 1.29 is 52.1 Å². The zero-order valence-electron chi connectivity index (χ0n) is 23.2. The topological polar surface area (TPSA) is 186 Å². The number of aliphatic carboxylic acids is 1. The van der Waals surface area contributed by atoms with E-state index in [2.05, 4.69) is 4.76 Å². The van der Waals surface area contributed by atoms with Gasteiger partial charge in [0.1, 0.15) is 6.04 Å². The van der Waals surface area contributed by atoms with Gasteiger partial charge < -0.3 is 34.7 Å². The number of benzene rings is 1. The minimum absolute atomic E-state index is 0.0759. The summed E-state index contributed by atoms with van der Waals surface area (Å²) in [5.74, 6) is -1.55. The minimum atomic E-state index is -4.26. The molecule has 1 atom stereocenters. The molecule has 0 fully saturated rings. The van der Waals surface area contributed by atoms with Gasteiger partial charge in [-0.2, -0.15) is 0 Å². The van der Waals surface area contributed by atoms with Crippen molar-refractivity contribution in [3.05, 3.63) is 35.9 Å². The molecule has 0 bridgehead atoms. The molecule has 1 rings (SSSR count). The normalized spacial score (nSPS) is 12.3. The highest BCUT2D eigenvalue weighted by atomic mass is 31.2. The molecule has 1 aromatic carbocycles. The number of hydrogen-bond acceptors (Lipinski definition) is 10. The third kappa shape index (κ3) is 14.7. The van der Waals surface area contributed by atoms with Gasteiger partial charge in [-0.05, 0) is 18.4 Å². The quantitative estimate of drug-likeness (QED) is 0.0777. The van der Waals surface area contributed by atoms with Gasteiger partial charge in [0.05, 0.1) is 39.6 Å². The molecular weight excluding hydrogens is 549 g/mol. The van der Waals surface area contributed by atoms with Crippen LogP contribution in [-0.2, 0) is 43.8 Å². The fourth-order valence-corrected chi connectivity index (χ4v) is 4.22. The maximum absolute atomic E-state index is 13.4. The van der Waals surface area contributed by atoms with Gasteiger partial charge in [-0.15, -0.1) is 4.76 Å². The Morgan fingerprint density at radius 3 is 1.80 bits per heavy atom. The van der Waals surface area contributed by atoms with Crippen molar-refractivity contribution in [2.75, 3.05) is 46.7 Å². The summed E-state index contributed by atoms with van der Waals surface area (Å²) in [6.07, 6.45) is 0.000533. The van der Waals surface area contributed by atoms with Gasteiger partial charge in [-0.25, -0.2) is 18.9 Å². The van der Waals surface area contributed by atoms with Gasteiger partial charge in [0.25, 0.3) is 0 Å². The van der Waals surface area contributed by atoms with Crippen LogP contribution < -0.4 is 5.73 Å². The summed E-state index contributed by atoms with van der Waals surface area (Å²) in [7, 11) is -2.86. The first-order valence-electron chi connectivity index (χ1n) is 12.9. The van der Waals surface area contributed by atoms with Gasteiger partial charge in [0, 0.05) is 26.3 Å². The van der Waals surface area contributed by atoms with E-state index < -0.39 is 32.1 Å². The summed E-state index contributed by atoms with van der Waals surface area (Å²) in [5.41, 5.74) is 6.79. The first-order valence-corrected chi connectivity index (χ1v) is 14.4. The number of carboxylic acid groups (broad SMARTS) is 1. The fourth-order valence-electron chi connectivity index (χ4n) is 2.92. The molecule has 0 aliphatic carbocycles. The van der Waals surface area contributed by atoms with Crippen molar-refractivity contribution >= 4 is 32.0 Å². The third-order valence-corrected chi connectivity index (χ3v) is 6.45. The van der Waals surface area contributed by atoms with E-state index in [9.17, 15) is 24.1 Å². The monoisotopic (exact) mass is 589 g/mol. The summed E-state index contributed by atoms with van der Waals surface area (Å²) in [6.45, 7) is 3.60. The first-order chi connectivity index (χ1) is 19.1. The van der Waals surface area contributed by atoms with Crippen LogP contribution in [0.4, 0.5) is 9.59 Å². The lowest BCUT2D eigenvalue weighted by molar-refractivity contribution is -0.141. The molecule has 0 heterocycles. The van der Waals surface area contributed by atoms with Crippen LogP contribution in [0, 0.1) is 0 Å². The predicted molar refractivity (Wildman–Crippen MR) is 145 cm³/mol. The lowest BCUT2D eigenvalue weighted by atomic mass is 10.1. The lowest BCUT2D eigenvalue weighted by Crippen LogP contribution is -2.47. The van der Waals surface area contributed by atoms with Crippen molar-refractivity contribution in [2.45, 2.75) is 52.0 Å². The van der Waals surface area contributed by atoms with Crippen molar-refractivity contribution in [1.82, 2.24) is 4.90 Å². The number of nitrogens with zero attached hydrogens (tertiary/aromatic N) is 2. The molecule has 226 valence electrons. The van der Waals surface area contributed by atoms with Gasteiger partial charge in [0.15, 0.2) is 0 Å². The van der Waals surface area contributed by atoms with Gasteiger partial charge in [-0.1, -0.05) is 44.2 Å². The molecule has 0 spiro atoms. The van der Waals surface area contributed by atoms with Crippen LogP contribution >= 0.6 is 7.75 Å². The van der Waals surface area contributed by atoms with Crippen LogP contribution in [-0.4, -0.2) is 87.0 Å². The highest BCUT2D eigenvalue weighted by molar-refractivity contribution is 7.52.